The Kier molecular flexibility index (Phi) is 3.56. The number of nitrogens with two attached hydrogens (primary N) is 2. The Labute approximate surface area is 126 Å². The van der Waals surface area contributed by atoms with Crippen LogP contribution in [0.5, 0.6) is 0 Å². The third kappa shape index (κ3) is 2.25. The molecule has 1 amide bonds. The minimum Gasteiger partial charge on any atom is -0.364 e. The van der Waals surface area contributed by atoms with E-state index in [1.165, 1.54) is 0 Å². The number of benzene rings is 1. The molecule has 0 bridgehead atoms. The van der Waals surface area contributed by atoms with Gasteiger partial charge in [-0.05, 0) is 53.7 Å². The fourth-order valence-electron chi connectivity index (χ4n) is 3.17. The van der Waals surface area contributed by atoms with E-state index in [0.29, 0.717) is 11.7 Å². The van der Waals surface area contributed by atoms with Gasteiger partial charge in [0.1, 0.15) is 5.69 Å². The number of carbonyl (C=O) groups is 1. The predicted molar refractivity (Wildman–Crippen MR) is 83.6 cm³/mol. The Bertz CT molecular complexity index is 656. The van der Waals surface area contributed by atoms with Gasteiger partial charge in [-0.1, -0.05) is 12.1 Å². The summed E-state index contributed by atoms with van der Waals surface area (Å²) in [5.41, 5.74) is 13.2. The Morgan fingerprint density at radius 3 is 2.60 bits per heavy atom. The van der Waals surface area contributed by atoms with E-state index in [0.717, 1.165) is 41.1 Å². The van der Waals surface area contributed by atoms with Crippen LogP contribution in [0.15, 0.2) is 28.7 Å². The van der Waals surface area contributed by atoms with Crippen LogP contribution in [0, 0.1) is 0 Å². The van der Waals surface area contributed by atoms with Gasteiger partial charge in [0.25, 0.3) is 5.91 Å². The normalized spacial score (nSPS) is 23.1. The van der Waals surface area contributed by atoms with Crippen LogP contribution in [0.3, 0.4) is 0 Å². The first kappa shape index (κ1) is 13.6. The monoisotopic (exact) mass is 335 g/mol. The highest BCUT2D eigenvalue weighted by Gasteiger charge is 2.25. The molecule has 1 aromatic heterocycles. The van der Waals surface area contributed by atoms with Crippen molar-refractivity contribution < 1.29 is 4.79 Å². The van der Waals surface area contributed by atoms with Gasteiger partial charge in [0.2, 0.25) is 0 Å². The molecule has 1 fully saturated rings. The molecular formula is C15H18BrN3O. The lowest BCUT2D eigenvalue weighted by molar-refractivity contribution is 0.0988. The van der Waals surface area contributed by atoms with Crippen molar-refractivity contribution in [1.29, 1.82) is 0 Å². The number of halogens is 1. The number of para-hydroxylation sites is 1. The number of aromatic nitrogens is 1. The molecule has 1 aliphatic carbocycles. The van der Waals surface area contributed by atoms with Gasteiger partial charge in [0.05, 0.1) is 5.52 Å². The van der Waals surface area contributed by atoms with Gasteiger partial charge >= 0.3 is 0 Å². The number of carbonyl (C=O) groups excluding carboxylic acids is 1. The molecule has 5 heteroatoms. The van der Waals surface area contributed by atoms with Crippen molar-refractivity contribution in [3.05, 3.63) is 34.4 Å². The largest absolute Gasteiger partial charge is 0.364 e. The van der Waals surface area contributed by atoms with Crippen molar-refractivity contribution >= 4 is 32.7 Å². The molecule has 2 aromatic rings. The van der Waals surface area contributed by atoms with Gasteiger partial charge in [-0.3, -0.25) is 4.79 Å². The predicted octanol–water partition coefficient (Wildman–Crippen LogP) is 2.95. The van der Waals surface area contributed by atoms with E-state index < -0.39 is 0 Å². The number of amides is 1. The highest BCUT2D eigenvalue weighted by atomic mass is 79.9. The van der Waals surface area contributed by atoms with Crippen LogP contribution in [-0.4, -0.2) is 16.5 Å². The number of nitrogens with zero attached hydrogens (tertiary/aromatic N) is 1. The van der Waals surface area contributed by atoms with Gasteiger partial charge in [-0.2, -0.15) is 0 Å². The van der Waals surface area contributed by atoms with E-state index in [4.69, 9.17) is 11.5 Å². The second-order valence-electron chi connectivity index (χ2n) is 5.51. The first-order valence-electron chi connectivity index (χ1n) is 6.92. The standard InChI is InChI=1S/C15H18BrN3O/c16-12-3-1-2-9-8-13(15(18)20)19(14(9)12)11-6-4-10(17)5-7-11/h1-3,8,10-11H,4-7,17H2,(H2,18,20). The summed E-state index contributed by atoms with van der Waals surface area (Å²) in [7, 11) is 0. The van der Waals surface area contributed by atoms with Crippen LogP contribution in [0.25, 0.3) is 10.9 Å². The highest BCUT2D eigenvalue weighted by Crippen LogP contribution is 2.36. The summed E-state index contributed by atoms with van der Waals surface area (Å²) < 4.78 is 3.10. The average molecular weight is 336 g/mol. The third-order valence-corrected chi connectivity index (χ3v) is 4.81. The molecule has 1 aliphatic rings. The molecule has 0 radical (unpaired) electrons. The Balaban J connectivity index is 2.16. The Morgan fingerprint density at radius 2 is 1.95 bits per heavy atom. The molecule has 3 rings (SSSR count). The number of hydrogen-bond acceptors (Lipinski definition) is 2. The van der Waals surface area contributed by atoms with E-state index in [9.17, 15) is 4.79 Å². The molecule has 1 aromatic carbocycles. The lowest BCUT2D eigenvalue weighted by atomic mass is 9.91. The van der Waals surface area contributed by atoms with E-state index in [-0.39, 0.29) is 11.9 Å². The van der Waals surface area contributed by atoms with Crippen LogP contribution >= 0.6 is 15.9 Å². The van der Waals surface area contributed by atoms with Crippen LogP contribution in [0.2, 0.25) is 0 Å². The summed E-state index contributed by atoms with van der Waals surface area (Å²) in [6.07, 6.45) is 3.97. The van der Waals surface area contributed by atoms with Gasteiger partial charge in [-0.25, -0.2) is 0 Å². The van der Waals surface area contributed by atoms with E-state index in [1.54, 1.807) is 0 Å². The van der Waals surface area contributed by atoms with Crippen molar-refractivity contribution in [3.63, 3.8) is 0 Å². The van der Waals surface area contributed by atoms with Crippen molar-refractivity contribution in [2.75, 3.05) is 0 Å². The topological polar surface area (TPSA) is 74.0 Å². The molecular weight excluding hydrogens is 318 g/mol. The second-order valence-corrected chi connectivity index (χ2v) is 6.36. The molecule has 20 heavy (non-hydrogen) atoms. The summed E-state index contributed by atoms with van der Waals surface area (Å²) in [6.45, 7) is 0. The van der Waals surface area contributed by atoms with Crippen LogP contribution in [-0.2, 0) is 0 Å². The number of hydrogen-bond donors (Lipinski definition) is 2. The third-order valence-electron chi connectivity index (χ3n) is 4.17. The molecule has 4 N–H and O–H groups in total. The number of fused-ring (bicyclic) bond motifs is 1. The minimum atomic E-state index is -0.372. The lowest BCUT2D eigenvalue weighted by Gasteiger charge is -2.29. The van der Waals surface area contributed by atoms with Crippen molar-refractivity contribution in [1.82, 2.24) is 4.57 Å². The first-order valence-corrected chi connectivity index (χ1v) is 7.72. The molecule has 0 atom stereocenters. The zero-order valence-corrected chi connectivity index (χ0v) is 12.8. The fraction of sp³-hybridized carbons (Fsp3) is 0.400. The zero-order chi connectivity index (χ0) is 14.3. The van der Waals surface area contributed by atoms with Gasteiger partial charge in [0, 0.05) is 21.9 Å². The first-order chi connectivity index (χ1) is 9.58. The van der Waals surface area contributed by atoms with Crippen molar-refractivity contribution in [3.8, 4) is 0 Å². The zero-order valence-electron chi connectivity index (χ0n) is 11.2. The van der Waals surface area contributed by atoms with Gasteiger partial charge in [0.15, 0.2) is 0 Å². The molecule has 106 valence electrons. The molecule has 1 heterocycles. The Morgan fingerprint density at radius 1 is 1.25 bits per heavy atom. The van der Waals surface area contributed by atoms with E-state index in [2.05, 4.69) is 20.5 Å². The summed E-state index contributed by atoms with van der Waals surface area (Å²) in [4.78, 5) is 11.8. The second kappa shape index (κ2) is 5.22. The quantitative estimate of drug-likeness (QED) is 0.885. The maximum absolute atomic E-state index is 11.8. The van der Waals surface area contributed by atoms with Crippen LogP contribution in [0.1, 0.15) is 42.2 Å². The van der Waals surface area contributed by atoms with E-state index in [1.807, 2.05) is 24.3 Å². The van der Waals surface area contributed by atoms with Gasteiger partial charge < -0.3 is 16.0 Å². The summed E-state index contributed by atoms with van der Waals surface area (Å²) in [5.74, 6) is -0.372. The van der Waals surface area contributed by atoms with Crippen LogP contribution < -0.4 is 11.5 Å². The smallest absolute Gasteiger partial charge is 0.265 e. The lowest BCUT2D eigenvalue weighted by Crippen LogP contribution is -2.29. The molecule has 0 saturated heterocycles. The molecule has 4 nitrogen and oxygen atoms in total. The van der Waals surface area contributed by atoms with Gasteiger partial charge in [-0.15, -0.1) is 0 Å². The maximum atomic E-state index is 11.8. The average Bonchev–Trinajstić information content (AvgIpc) is 2.81. The Hall–Kier alpha value is -1.33. The number of rotatable bonds is 2. The number of primary amides is 1. The highest BCUT2D eigenvalue weighted by molar-refractivity contribution is 9.10. The molecule has 0 spiro atoms. The summed E-state index contributed by atoms with van der Waals surface area (Å²) >= 11 is 3.59. The summed E-state index contributed by atoms with van der Waals surface area (Å²) in [6, 6.07) is 8.45. The molecule has 1 saturated carbocycles. The minimum absolute atomic E-state index is 0.286. The van der Waals surface area contributed by atoms with Crippen LogP contribution in [0.4, 0.5) is 0 Å². The fourth-order valence-corrected chi connectivity index (χ4v) is 3.74. The van der Waals surface area contributed by atoms with E-state index >= 15 is 0 Å². The molecule has 0 aliphatic heterocycles. The maximum Gasteiger partial charge on any atom is 0.265 e. The summed E-state index contributed by atoms with van der Waals surface area (Å²) in [5, 5.41) is 1.04. The van der Waals surface area contributed by atoms with Crippen molar-refractivity contribution in [2.45, 2.75) is 37.8 Å². The van der Waals surface area contributed by atoms with Crippen molar-refractivity contribution in [2.24, 2.45) is 11.5 Å². The SMILES string of the molecule is NC(=O)c1cc2cccc(Br)c2n1C1CCC(N)CC1. The molecule has 0 unspecified atom stereocenters.